The van der Waals surface area contributed by atoms with Crippen LogP contribution >= 0.6 is 11.6 Å². The predicted octanol–water partition coefficient (Wildman–Crippen LogP) is 2.94. The minimum Gasteiger partial charge on any atom is -0.328 e. The van der Waals surface area contributed by atoms with Crippen molar-refractivity contribution in [3.8, 4) is 0 Å². The Morgan fingerprint density at radius 2 is 2.20 bits per heavy atom. The molecule has 0 N–H and O–H groups in total. The zero-order valence-electron chi connectivity index (χ0n) is 12.5. The van der Waals surface area contributed by atoms with Crippen LogP contribution in [0.1, 0.15) is 26.1 Å². The minimum atomic E-state index is 0.584. The van der Waals surface area contributed by atoms with Crippen molar-refractivity contribution in [2.45, 2.75) is 39.3 Å². The lowest BCUT2D eigenvalue weighted by Crippen LogP contribution is -2.28. The molecule has 0 saturated carbocycles. The van der Waals surface area contributed by atoms with Gasteiger partial charge in [0.2, 0.25) is 0 Å². The fourth-order valence-electron chi connectivity index (χ4n) is 2.29. The quantitative estimate of drug-likeness (QED) is 0.736. The first-order valence-corrected chi connectivity index (χ1v) is 7.72. The van der Waals surface area contributed by atoms with Gasteiger partial charge in [-0.2, -0.15) is 0 Å². The number of halogens is 1. The molecule has 0 aliphatic heterocycles. The minimum absolute atomic E-state index is 0.584. The van der Waals surface area contributed by atoms with Crippen molar-refractivity contribution in [1.29, 1.82) is 0 Å². The van der Waals surface area contributed by atoms with Crippen LogP contribution in [0.5, 0.6) is 0 Å². The van der Waals surface area contributed by atoms with Crippen LogP contribution in [-0.4, -0.2) is 44.9 Å². The van der Waals surface area contributed by atoms with Crippen molar-refractivity contribution >= 4 is 22.6 Å². The summed E-state index contributed by atoms with van der Waals surface area (Å²) in [6, 6.07) is 2.62. The van der Waals surface area contributed by atoms with E-state index in [2.05, 4.69) is 40.3 Å². The van der Waals surface area contributed by atoms with Crippen molar-refractivity contribution < 1.29 is 0 Å². The maximum absolute atomic E-state index is 5.88. The van der Waals surface area contributed by atoms with E-state index in [1.54, 1.807) is 0 Å². The van der Waals surface area contributed by atoms with E-state index in [-0.39, 0.29) is 0 Å². The van der Waals surface area contributed by atoms with Gasteiger partial charge in [-0.3, -0.25) is 4.98 Å². The Morgan fingerprint density at radius 3 is 2.90 bits per heavy atom. The highest BCUT2D eigenvalue weighted by atomic mass is 35.5. The monoisotopic (exact) mass is 294 g/mol. The van der Waals surface area contributed by atoms with Crippen LogP contribution in [0, 0.1) is 0 Å². The molecule has 2 aromatic rings. The fourth-order valence-corrected chi connectivity index (χ4v) is 2.46. The number of hydrogen-bond acceptors (Lipinski definition) is 3. The van der Waals surface area contributed by atoms with Gasteiger partial charge in [0, 0.05) is 31.1 Å². The number of imidazole rings is 1. The van der Waals surface area contributed by atoms with Crippen LogP contribution in [-0.2, 0) is 13.0 Å². The Labute approximate surface area is 125 Å². The molecule has 0 aromatic carbocycles. The highest BCUT2D eigenvalue weighted by Gasteiger charge is 2.10. The smallest absolute Gasteiger partial charge is 0.111 e. The maximum atomic E-state index is 5.88. The fraction of sp³-hybridized carbons (Fsp3) is 0.600. The highest BCUT2D eigenvalue weighted by molar-refractivity contribution is 6.17. The lowest BCUT2D eigenvalue weighted by molar-refractivity contribution is 0.265. The van der Waals surface area contributed by atoms with Crippen LogP contribution in [0.3, 0.4) is 0 Å². The maximum Gasteiger partial charge on any atom is 0.111 e. The van der Waals surface area contributed by atoms with Crippen molar-refractivity contribution in [2.75, 3.05) is 19.5 Å². The van der Waals surface area contributed by atoms with Gasteiger partial charge in [0.15, 0.2) is 0 Å². The average molecular weight is 295 g/mol. The molecule has 2 heterocycles. The highest BCUT2D eigenvalue weighted by Crippen LogP contribution is 2.16. The normalized spacial score (nSPS) is 11.9. The number of alkyl halides is 1. The van der Waals surface area contributed by atoms with E-state index in [1.165, 1.54) is 0 Å². The molecule has 0 bridgehead atoms. The summed E-state index contributed by atoms with van der Waals surface area (Å²) in [6.45, 7) is 6.50. The van der Waals surface area contributed by atoms with Crippen molar-refractivity contribution in [3.63, 3.8) is 0 Å². The molecule has 110 valence electrons. The second-order valence-corrected chi connectivity index (χ2v) is 5.79. The molecule has 0 spiro atoms. The molecular formula is C15H23ClN4. The summed E-state index contributed by atoms with van der Waals surface area (Å²) in [5.74, 6) is 1.66. The summed E-state index contributed by atoms with van der Waals surface area (Å²) in [5, 5.41) is 0. The van der Waals surface area contributed by atoms with Gasteiger partial charge in [0.25, 0.3) is 0 Å². The topological polar surface area (TPSA) is 34.0 Å². The molecule has 5 heteroatoms. The summed E-state index contributed by atoms with van der Waals surface area (Å²) < 4.78 is 2.29. The number of aromatic nitrogens is 3. The van der Waals surface area contributed by atoms with Gasteiger partial charge in [-0.05, 0) is 39.9 Å². The molecule has 0 unspecified atom stereocenters. The number of pyridine rings is 1. The summed E-state index contributed by atoms with van der Waals surface area (Å²) >= 11 is 5.88. The second kappa shape index (κ2) is 7.04. The molecule has 2 rings (SSSR count). The SMILES string of the molecule is CC(C)N(C)CCCn1c(CCCl)nc2cnccc21. The molecule has 20 heavy (non-hydrogen) atoms. The van der Waals surface area contributed by atoms with E-state index < -0.39 is 0 Å². The van der Waals surface area contributed by atoms with Crippen LogP contribution in [0.25, 0.3) is 11.0 Å². The van der Waals surface area contributed by atoms with Crippen LogP contribution in [0.4, 0.5) is 0 Å². The van der Waals surface area contributed by atoms with Gasteiger partial charge in [-0.25, -0.2) is 4.98 Å². The van der Waals surface area contributed by atoms with E-state index in [9.17, 15) is 0 Å². The lowest BCUT2D eigenvalue weighted by atomic mass is 10.3. The summed E-state index contributed by atoms with van der Waals surface area (Å²) in [5.41, 5.74) is 2.12. The third kappa shape index (κ3) is 3.49. The zero-order chi connectivity index (χ0) is 14.5. The molecule has 0 amide bonds. The van der Waals surface area contributed by atoms with Crippen molar-refractivity contribution in [1.82, 2.24) is 19.4 Å². The van der Waals surface area contributed by atoms with E-state index >= 15 is 0 Å². The standard InChI is InChI=1S/C15H23ClN4/c1-12(2)19(3)9-4-10-20-14-6-8-17-11-13(14)18-15(20)5-7-16/h6,8,11-12H,4-5,7,9-10H2,1-3H3. The number of aryl methyl sites for hydroxylation is 2. The average Bonchev–Trinajstić information content (AvgIpc) is 2.77. The summed E-state index contributed by atoms with van der Waals surface area (Å²) in [7, 11) is 2.17. The molecule has 0 aliphatic rings. The molecule has 0 saturated heterocycles. The third-order valence-corrected chi connectivity index (χ3v) is 3.91. The van der Waals surface area contributed by atoms with E-state index in [0.29, 0.717) is 11.9 Å². The molecule has 0 atom stereocenters. The first-order valence-electron chi connectivity index (χ1n) is 7.18. The molecule has 2 aromatic heterocycles. The Balaban J connectivity index is 2.12. The van der Waals surface area contributed by atoms with Crippen LogP contribution < -0.4 is 0 Å². The number of hydrogen-bond donors (Lipinski definition) is 0. The number of nitrogens with zero attached hydrogens (tertiary/aromatic N) is 4. The number of rotatable bonds is 7. The zero-order valence-corrected chi connectivity index (χ0v) is 13.3. The van der Waals surface area contributed by atoms with Crippen molar-refractivity contribution in [2.24, 2.45) is 0 Å². The molecule has 0 radical (unpaired) electrons. The van der Waals surface area contributed by atoms with E-state index in [1.807, 2.05) is 18.5 Å². The van der Waals surface area contributed by atoms with E-state index in [4.69, 9.17) is 11.6 Å². The summed E-state index contributed by atoms with van der Waals surface area (Å²) in [4.78, 5) is 11.1. The molecule has 0 fully saturated rings. The summed E-state index contributed by atoms with van der Waals surface area (Å²) in [6.07, 6.45) is 5.56. The first kappa shape index (κ1) is 15.3. The first-order chi connectivity index (χ1) is 9.63. The van der Waals surface area contributed by atoms with Gasteiger partial charge in [0.05, 0.1) is 11.7 Å². The Bertz CT molecular complexity index is 550. The molecule has 4 nitrogen and oxygen atoms in total. The van der Waals surface area contributed by atoms with Crippen LogP contribution in [0.15, 0.2) is 18.5 Å². The Hall–Kier alpha value is -1.13. The van der Waals surface area contributed by atoms with Gasteiger partial charge in [0.1, 0.15) is 11.3 Å². The lowest BCUT2D eigenvalue weighted by Gasteiger charge is -2.21. The predicted molar refractivity (Wildman–Crippen MR) is 84.3 cm³/mol. The third-order valence-electron chi connectivity index (χ3n) is 3.72. The molecule has 0 aliphatic carbocycles. The number of fused-ring (bicyclic) bond motifs is 1. The van der Waals surface area contributed by atoms with Gasteiger partial charge in [-0.1, -0.05) is 0 Å². The second-order valence-electron chi connectivity index (χ2n) is 5.41. The van der Waals surface area contributed by atoms with Gasteiger partial charge >= 0.3 is 0 Å². The van der Waals surface area contributed by atoms with Gasteiger partial charge < -0.3 is 9.47 Å². The van der Waals surface area contributed by atoms with E-state index in [0.717, 1.165) is 42.8 Å². The van der Waals surface area contributed by atoms with Crippen LogP contribution in [0.2, 0.25) is 0 Å². The van der Waals surface area contributed by atoms with Gasteiger partial charge in [-0.15, -0.1) is 11.6 Å². The Kier molecular flexibility index (Phi) is 5.38. The largest absolute Gasteiger partial charge is 0.328 e. The Morgan fingerprint density at radius 1 is 1.40 bits per heavy atom. The van der Waals surface area contributed by atoms with Crippen molar-refractivity contribution in [3.05, 3.63) is 24.3 Å². The molecular weight excluding hydrogens is 272 g/mol.